The van der Waals surface area contributed by atoms with Crippen LogP contribution in [-0.2, 0) is 0 Å². The molecule has 0 aliphatic carbocycles. The van der Waals surface area contributed by atoms with Gasteiger partial charge in [0.2, 0.25) is 0 Å². The number of benzene rings is 1. The van der Waals surface area contributed by atoms with Gasteiger partial charge in [0.1, 0.15) is 17.4 Å². The molecule has 3 rings (SSSR count). The van der Waals surface area contributed by atoms with E-state index in [1.165, 1.54) is 23.2 Å². The Bertz CT molecular complexity index is 763. The second kappa shape index (κ2) is 5.18. The van der Waals surface area contributed by atoms with Gasteiger partial charge in [-0.1, -0.05) is 0 Å². The molecule has 2 aromatic rings. The molecule has 0 unspecified atom stereocenters. The number of fused-ring (bicyclic) bond motifs is 1. The van der Waals surface area contributed by atoms with Gasteiger partial charge in [-0.05, 0) is 24.6 Å². The number of anilines is 3. The second-order valence-corrected chi connectivity index (χ2v) is 4.98. The number of aryl methyl sites for hydroxylation is 1. The summed E-state index contributed by atoms with van der Waals surface area (Å²) in [7, 11) is 1.60. The molecule has 22 heavy (non-hydrogen) atoms. The predicted octanol–water partition coefficient (Wildman–Crippen LogP) is 2.15. The summed E-state index contributed by atoms with van der Waals surface area (Å²) in [6.07, 6.45) is 1.49. The van der Waals surface area contributed by atoms with Crippen LogP contribution < -0.4 is 20.7 Å². The molecule has 1 aliphatic heterocycles. The number of nitrogens with zero attached hydrogens (tertiary/aromatic N) is 2. The molecule has 1 aliphatic rings. The van der Waals surface area contributed by atoms with Crippen molar-refractivity contribution in [1.82, 2.24) is 4.98 Å². The Balaban J connectivity index is 2.00. The van der Waals surface area contributed by atoms with E-state index in [9.17, 15) is 9.18 Å². The average molecular weight is 302 g/mol. The molecule has 0 radical (unpaired) electrons. The lowest BCUT2D eigenvalue weighted by atomic mass is 10.1. The Kier molecular flexibility index (Phi) is 3.32. The van der Waals surface area contributed by atoms with E-state index >= 15 is 0 Å². The van der Waals surface area contributed by atoms with Gasteiger partial charge >= 0.3 is 0 Å². The Labute approximate surface area is 126 Å². The van der Waals surface area contributed by atoms with Crippen LogP contribution in [0.15, 0.2) is 24.4 Å². The minimum absolute atomic E-state index is 0.0334. The molecule has 6 nitrogen and oxygen atoms in total. The molecule has 1 aromatic heterocycles. The molecular weight excluding hydrogens is 287 g/mol. The number of rotatable bonds is 2. The fourth-order valence-electron chi connectivity index (χ4n) is 2.28. The van der Waals surface area contributed by atoms with Crippen LogP contribution in [0, 0.1) is 12.7 Å². The van der Waals surface area contributed by atoms with Crippen LogP contribution in [0.3, 0.4) is 0 Å². The highest BCUT2D eigenvalue weighted by molar-refractivity contribution is 6.09. The van der Waals surface area contributed by atoms with Crippen LogP contribution >= 0.6 is 0 Å². The van der Waals surface area contributed by atoms with Gasteiger partial charge in [-0.15, -0.1) is 0 Å². The molecule has 114 valence electrons. The molecule has 1 amide bonds. The van der Waals surface area contributed by atoms with Gasteiger partial charge in [-0.2, -0.15) is 0 Å². The maximum atomic E-state index is 13.9. The molecule has 0 spiro atoms. The Hall–Kier alpha value is -2.83. The van der Waals surface area contributed by atoms with Crippen molar-refractivity contribution >= 4 is 23.1 Å². The lowest BCUT2D eigenvalue weighted by molar-refractivity contribution is 0.0936. The number of pyridine rings is 1. The first-order valence-corrected chi connectivity index (χ1v) is 6.69. The summed E-state index contributed by atoms with van der Waals surface area (Å²) < 4.78 is 19.4. The molecule has 0 bridgehead atoms. The van der Waals surface area contributed by atoms with Gasteiger partial charge in [0.15, 0.2) is 6.73 Å². The standard InChI is InChI=1S/C15H15FN4O2/c1-8-3-9(6-19-14(8)17)20-7-22-13-5-12(18-2)11(16)4-10(13)15(20)21/h3-6,18H,7H2,1-2H3,(H2,17,19). The molecule has 7 heteroatoms. The van der Waals surface area contributed by atoms with Gasteiger partial charge in [-0.25, -0.2) is 9.37 Å². The molecule has 3 N–H and O–H groups in total. The van der Waals surface area contributed by atoms with Crippen molar-refractivity contribution in [1.29, 1.82) is 0 Å². The Morgan fingerprint density at radius 2 is 2.18 bits per heavy atom. The summed E-state index contributed by atoms with van der Waals surface area (Å²) in [5.74, 6) is -0.0909. The van der Waals surface area contributed by atoms with Crippen LogP contribution in [-0.4, -0.2) is 24.7 Å². The topological polar surface area (TPSA) is 80.5 Å². The number of hydrogen-bond acceptors (Lipinski definition) is 5. The van der Waals surface area contributed by atoms with E-state index in [0.717, 1.165) is 5.56 Å². The average Bonchev–Trinajstić information content (AvgIpc) is 2.51. The first kappa shape index (κ1) is 14.1. The van der Waals surface area contributed by atoms with Crippen molar-refractivity contribution < 1.29 is 13.9 Å². The largest absolute Gasteiger partial charge is 0.472 e. The van der Waals surface area contributed by atoms with Crippen LogP contribution in [0.25, 0.3) is 0 Å². The third-order valence-corrected chi connectivity index (χ3v) is 3.58. The first-order valence-electron chi connectivity index (χ1n) is 6.69. The highest BCUT2D eigenvalue weighted by atomic mass is 19.1. The smallest absolute Gasteiger partial charge is 0.264 e. The van der Waals surface area contributed by atoms with E-state index in [4.69, 9.17) is 10.5 Å². The molecule has 2 heterocycles. The van der Waals surface area contributed by atoms with Crippen LogP contribution in [0.1, 0.15) is 15.9 Å². The summed E-state index contributed by atoms with van der Waals surface area (Å²) >= 11 is 0. The normalized spacial score (nSPS) is 13.6. The third-order valence-electron chi connectivity index (χ3n) is 3.58. The zero-order chi connectivity index (χ0) is 15.9. The van der Waals surface area contributed by atoms with E-state index in [-0.39, 0.29) is 23.9 Å². The number of amides is 1. The number of nitrogens with two attached hydrogens (primary N) is 1. The van der Waals surface area contributed by atoms with Crippen molar-refractivity contribution in [3.05, 3.63) is 41.3 Å². The summed E-state index contributed by atoms with van der Waals surface area (Å²) in [4.78, 5) is 18.0. The van der Waals surface area contributed by atoms with Crippen molar-refractivity contribution in [3.8, 4) is 5.75 Å². The van der Waals surface area contributed by atoms with Crippen molar-refractivity contribution in [2.24, 2.45) is 0 Å². The number of nitrogen functional groups attached to an aromatic ring is 1. The number of nitrogens with one attached hydrogen (secondary N) is 1. The lowest BCUT2D eigenvalue weighted by Gasteiger charge is -2.29. The molecule has 0 saturated heterocycles. The summed E-state index contributed by atoms with van der Waals surface area (Å²) in [5, 5.41) is 2.71. The molecule has 0 atom stereocenters. The van der Waals surface area contributed by atoms with Crippen LogP contribution in [0.5, 0.6) is 5.75 Å². The SMILES string of the molecule is CNc1cc2c(cc1F)C(=O)N(c1cnc(N)c(C)c1)CO2. The zero-order valence-corrected chi connectivity index (χ0v) is 12.2. The number of aromatic nitrogens is 1. The second-order valence-electron chi connectivity index (χ2n) is 4.98. The van der Waals surface area contributed by atoms with Crippen molar-refractivity contribution in [2.45, 2.75) is 6.92 Å². The number of carbonyl (C=O) groups excluding carboxylic acids is 1. The summed E-state index contributed by atoms with van der Waals surface area (Å²) in [6.45, 7) is 1.83. The summed E-state index contributed by atoms with van der Waals surface area (Å²) in [6, 6.07) is 4.40. The van der Waals surface area contributed by atoms with Crippen molar-refractivity contribution in [2.75, 3.05) is 29.7 Å². The van der Waals surface area contributed by atoms with Crippen LogP contribution in [0.2, 0.25) is 0 Å². The molecule has 0 fully saturated rings. The van der Waals surface area contributed by atoms with Gasteiger partial charge in [0.25, 0.3) is 5.91 Å². The summed E-state index contributed by atoms with van der Waals surface area (Å²) in [5.41, 5.74) is 7.45. The number of ether oxygens (including phenoxy) is 1. The molecular formula is C15H15FN4O2. The van der Waals surface area contributed by atoms with Crippen LogP contribution in [0.4, 0.5) is 21.6 Å². The van der Waals surface area contributed by atoms with E-state index in [0.29, 0.717) is 17.3 Å². The lowest BCUT2D eigenvalue weighted by Crippen LogP contribution is -2.39. The minimum Gasteiger partial charge on any atom is -0.472 e. The zero-order valence-electron chi connectivity index (χ0n) is 12.2. The van der Waals surface area contributed by atoms with E-state index in [2.05, 4.69) is 10.3 Å². The van der Waals surface area contributed by atoms with Gasteiger partial charge < -0.3 is 15.8 Å². The van der Waals surface area contributed by atoms with E-state index in [1.807, 2.05) is 0 Å². The fourth-order valence-corrected chi connectivity index (χ4v) is 2.28. The monoisotopic (exact) mass is 302 g/mol. The Morgan fingerprint density at radius 1 is 1.41 bits per heavy atom. The third kappa shape index (κ3) is 2.20. The van der Waals surface area contributed by atoms with E-state index < -0.39 is 5.82 Å². The molecule has 1 aromatic carbocycles. The van der Waals surface area contributed by atoms with Crippen molar-refractivity contribution in [3.63, 3.8) is 0 Å². The Morgan fingerprint density at radius 3 is 2.86 bits per heavy atom. The van der Waals surface area contributed by atoms with Gasteiger partial charge in [0.05, 0.1) is 23.1 Å². The number of hydrogen-bond donors (Lipinski definition) is 2. The first-order chi connectivity index (χ1) is 10.5. The fraction of sp³-hybridized carbons (Fsp3) is 0.200. The highest BCUT2D eigenvalue weighted by Gasteiger charge is 2.28. The maximum Gasteiger partial charge on any atom is 0.264 e. The highest BCUT2D eigenvalue weighted by Crippen LogP contribution is 2.32. The quantitative estimate of drug-likeness (QED) is 0.888. The van der Waals surface area contributed by atoms with Gasteiger partial charge in [0, 0.05) is 13.1 Å². The maximum absolute atomic E-state index is 13.9. The minimum atomic E-state index is -0.508. The number of halogens is 1. The molecule has 0 saturated carbocycles. The predicted molar refractivity (Wildman–Crippen MR) is 81.6 cm³/mol. The van der Waals surface area contributed by atoms with E-state index in [1.54, 1.807) is 20.0 Å². The van der Waals surface area contributed by atoms with Gasteiger partial charge in [-0.3, -0.25) is 9.69 Å². The number of carbonyl (C=O) groups is 1.